The van der Waals surface area contributed by atoms with Gasteiger partial charge in [0.25, 0.3) is 0 Å². The largest absolute Gasteiger partial charge is 0.327 e. The smallest absolute Gasteiger partial charge is 0.223 e. The summed E-state index contributed by atoms with van der Waals surface area (Å²) in [5.41, 5.74) is 0. The summed E-state index contributed by atoms with van der Waals surface area (Å²) in [5.74, 6) is 2.11. The molecule has 3 rings (SSSR count). The van der Waals surface area contributed by atoms with Gasteiger partial charge in [-0.2, -0.15) is 5.26 Å². The second-order valence-electron chi connectivity index (χ2n) is 6.96. The molecule has 3 fully saturated rings. The monoisotopic (exact) mass is 306 g/mol. The number of rotatable bonds is 2. The minimum atomic E-state index is 0.138. The first-order valence-corrected chi connectivity index (χ1v) is 9.56. The van der Waals surface area contributed by atoms with Gasteiger partial charge in [-0.05, 0) is 38.0 Å². The summed E-state index contributed by atoms with van der Waals surface area (Å²) in [5, 5.41) is 9.10. The van der Waals surface area contributed by atoms with Crippen molar-refractivity contribution in [3.8, 4) is 6.07 Å². The van der Waals surface area contributed by atoms with E-state index in [-0.39, 0.29) is 10.8 Å². The zero-order valence-electron chi connectivity index (χ0n) is 12.9. The van der Waals surface area contributed by atoms with Crippen molar-refractivity contribution in [2.75, 3.05) is 12.3 Å². The molecule has 0 aromatic heterocycles. The van der Waals surface area contributed by atoms with E-state index in [1.807, 2.05) is 11.8 Å². The van der Waals surface area contributed by atoms with E-state index in [2.05, 4.69) is 11.0 Å². The van der Waals surface area contributed by atoms with Crippen LogP contribution in [0.1, 0.15) is 64.2 Å². The van der Waals surface area contributed by atoms with Gasteiger partial charge in [0.05, 0.1) is 10.9 Å². The van der Waals surface area contributed by atoms with E-state index in [0.29, 0.717) is 18.2 Å². The van der Waals surface area contributed by atoms with Crippen LogP contribution in [-0.2, 0) is 4.79 Å². The number of nitriles is 1. The van der Waals surface area contributed by atoms with Crippen LogP contribution in [0.15, 0.2) is 0 Å². The van der Waals surface area contributed by atoms with Crippen molar-refractivity contribution in [3.63, 3.8) is 0 Å². The predicted molar refractivity (Wildman–Crippen MR) is 85.7 cm³/mol. The molecule has 1 aliphatic heterocycles. The Kier molecular flexibility index (Phi) is 4.78. The highest BCUT2D eigenvalue weighted by Gasteiger charge is 2.45. The third-order valence-corrected chi connectivity index (χ3v) is 7.09. The molecule has 1 spiro atoms. The third-order valence-electron chi connectivity index (χ3n) is 5.54. The van der Waals surface area contributed by atoms with Crippen LogP contribution in [0.5, 0.6) is 0 Å². The Morgan fingerprint density at radius 2 is 2.05 bits per heavy atom. The molecule has 0 radical (unpaired) electrons. The van der Waals surface area contributed by atoms with Crippen molar-refractivity contribution in [2.45, 2.75) is 69.1 Å². The van der Waals surface area contributed by atoms with Crippen molar-refractivity contribution >= 4 is 17.7 Å². The molecule has 0 aromatic rings. The van der Waals surface area contributed by atoms with Crippen molar-refractivity contribution in [1.29, 1.82) is 5.26 Å². The molecule has 2 unspecified atom stereocenters. The Morgan fingerprint density at radius 3 is 2.81 bits per heavy atom. The van der Waals surface area contributed by atoms with Gasteiger partial charge in [0.15, 0.2) is 0 Å². The number of thioether (sulfide) groups is 1. The van der Waals surface area contributed by atoms with Gasteiger partial charge in [-0.15, -0.1) is 11.8 Å². The minimum absolute atomic E-state index is 0.138. The molecular weight excluding hydrogens is 280 g/mol. The van der Waals surface area contributed by atoms with Crippen molar-refractivity contribution in [3.05, 3.63) is 0 Å². The fraction of sp³-hybridized carbons (Fsp3) is 0.882. The van der Waals surface area contributed by atoms with Gasteiger partial charge < -0.3 is 4.90 Å². The zero-order chi connectivity index (χ0) is 14.7. The maximum absolute atomic E-state index is 12.8. The van der Waals surface area contributed by atoms with E-state index in [4.69, 9.17) is 5.26 Å². The SMILES string of the molecule is N#CC1CCCC(CC(=O)N2CCSC23CCCCC3)C1. The molecule has 3 aliphatic rings. The Balaban J connectivity index is 1.60. The van der Waals surface area contributed by atoms with E-state index in [9.17, 15) is 4.79 Å². The van der Waals surface area contributed by atoms with Crippen molar-refractivity contribution in [2.24, 2.45) is 11.8 Å². The fourth-order valence-electron chi connectivity index (χ4n) is 4.43. The first-order valence-electron chi connectivity index (χ1n) is 8.57. The van der Waals surface area contributed by atoms with Crippen LogP contribution in [0.2, 0.25) is 0 Å². The second kappa shape index (κ2) is 6.60. The quantitative estimate of drug-likeness (QED) is 0.776. The van der Waals surface area contributed by atoms with Gasteiger partial charge >= 0.3 is 0 Å². The van der Waals surface area contributed by atoms with Gasteiger partial charge in [0, 0.05) is 24.6 Å². The van der Waals surface area contributed by atoms with Crippen LogP contribution >= 0.6 is 11.8 Å². The molecule has 1 saturated heterocycles. The Hall–Kier alpha value is -0.690. The lowest BCUT2D eigenvalue weighted by Crippen LogP contribution is -2.47. The molecule has 21 heavy (non-hydrogen) atoms. The molecular formula is C17H26N2OS. The topological polar surface area (TPSA) is 44.1 Å². The summed E-state index contributed by atoms with van der Waals surface area (Å²) in [6, 6.07) is 2.40. The summed E-state index contributed by atoms with van der Waals surface area (Å²) in [6.07, 6.45) is 11.2. The molecule has 0 N–H and O–H groups in total. The number of hydrogen-bond acceptors (Lipinski definition) is 3. The number of hydrogen-bond donors (Lipinski definition) is 0. The molecule has 116 valence electrons. The fourth-order valence-corrected chi connectivity index (χ4v) is 6.01. The van der Waals surface area contributed by atoms with Crippen molar-refractivity contribution in [1.82, 2.24) is 4.90 Å². The van der Waals surface area contributed by atoms with Crippen LogP contribution < -0.4 is 0 Å². The number of nitrogens with zero attached hydrogens (tertiary/aromatic N) is 2. The van der Waals surface area contributed by atoms with Gasteiger partial charge in [-0.3, -0.25) is 4.79 Å². The van der Waals surface area contributed by atoms with E-state index in [1.165, 1.54) is 32.1 Å². The third kappa shape index (κ3) is 3.23. The molecule has 1 amide bonds. The van der Waals surface area contributed by atoms with Gasteiger partial charge in [0.1, 0.15) is 0 Å². The summed E-state index contributed by atoms with van der Waals surface area (Å²) in [4.78, 5) is 15.2. The van der Waals surface area contributed by atoms with Crippen molar-refractivity contribution < 1.29 is 4.79 Å². The summed E-state index contributed by atoms with van der Waals surface area (Å²) in [7, 11) is 0. The number of carbonyl (C=O) groups excluding carboxylic acids is 1. The molecule has 1 heterocycles. The zero-order valence-corrected chi connectivity index (χ0v) is 13.7. The summed E-state index contributed by atoms with van der Waals surface area (Å²) in [6.45, 7) is 0.942. The molecule has 3 nitrogen and oxygen atoms in total. The van der Waals surface area contributed by atoms with Crippen LogP contribution in [0.25, 0.3) is 0 Å². The molecule has 2 atom stereocenters. The average Bonchev–Trinajstić information content (AvgIpc) is 2.91. The van der Waals surface area contributed by atoms with E-state index in [1.54, 1.807) is 0 Å². The highest BCUT2D eigenvalue weighted by atomic mass is 32.2. The maximum Gasteiger partial charge on any atom is 0.223 e. The molecule has 2 saturated carbocycles. The summed E-state index contributed by atoms with van der Waals surface area (Å²) >= 11 is 2.02. The van der Waals surface area contributed by atoms with Crippen LogP contribution in [0, 0.1) is 23.2 Å². The number of carbonyl (C=O) groups is 1. The van der Waals surface area contributed by atoms with Gasteiger partial charge in [-0.1, -0.05) is 25.7 Å². The lowest BCUT2D eigenvalue weighted by atomic mass is 9.80. The van der Waals surface area contributed by atoms with E-state index in [0.717, 1.165) is 38.0 Å². The van der Waals surface area contributed by atoms with Crippen LogP contribution in [0.3, 0.4) is 0 Å². The van der Waals surface area contributed by atoms with Gasteiger partial charge in [-0.25, -0.2) is 0 Å². The molecule has 2 aliphatic carbocycles. The average molecular weight is 306 g/mol. The highest BCUT2D eigenvalue weighted by Crippen LogP contribution is 2.47. The summed E-state index contributed by atoms with van der Waals surface area (Å²) < 4.78 is 0. The molecule has 0 bridgehead atoms. The first kappa shape index (κ1) is 15.2. The predicted octanol–water partition coefficient (Wildman–Crippen LogP) is 3.94. The van der Waals surface area contributed by atoms with Gasteiger partial charge in [0.2, 0.25) is 5.91 Å². The lowest BCUT2D eigenvalue weighted by Gasteiger charge is -2.41. The maximum atomic E-state index is 12.8. The minimum Gasteiger partial charge on any atom is -0.327 e. The van der Waals surface area contributed by atoms with Crippen LogP contribution in [0.4, 0.5) is 0 Å². The standard InChI is InChI=1S/C17H26N2OS/c18-13-15-6-4-5-14(11-15)12-16(20)19-9-10-21-17(19)7-2-1-3-8-17/h14-15H,1-12H2. The molecule has 4 heteroatoms. The normalized spacial score (nSPS) is 32.0. The lowest BCUT2D eigenvalue weighted by molar-refractivity contribution is -0.135. The van der Waals surface area contributed by atoms with E-state index >= 15 is 0 Å². The Morgan fingerprint density at radius 1 is 1.24 bits per heavy atom. The van der Waals surface area contributed by atoms with Crippen LogP contribution in [-0.4, -0.2) is 28.0 Å². The Bertz CT molecular complexity index is 425. The highest BCUT2D eigenvalue weighted by molar-refractivity contribution is 8.00. The number of amides is 1. The Labute approximate surface area is 132 Å². The first-order chi connectivity index (χ1) is 10.2. The second-order valence-corrected chi connectivity index (χ2v) is 8.42. The molecule has 0 aromatic carbocycles. The van der Waals surface area contributed by atoms with E-state index < -0.39 is 0 Å².